The maximum absolute atomic E-state index is 13.0. The summed E-state index contributed by atoms with van der Waals surface area (Å²) < 4.78 is 1.91. The molecule has 4 rings (SSSR count). The molecule has 1 amide bonds. The van der Waals surface area contributed by atoms with Crippen molar-refractivity contribution in [1.82, 2.24) is 4.57 Å². The number of rotatable bonds is 5. The molecular formula is C22H18N4O4. The van der Waals surface area contributed by atoms with Crippen LogP contribution in [0.1, 0.15) is 45.3 Å². The number of oxime groups is 1. The Morgan fingerprint density at radius 3 is 2.87 bits per heavy atom. The fraction of sp³-hybridized carbons (Fsp3) is 0.182. The molecule has 0 aliphatic carbocycles. The Balaban J connectivity index is 1.74. The van der Waals surface area contributed by atoms with E-state index in [1.807, 2.05) is 35.8 Å². The molecule has 0 bridgehead atoms. The molecule has 1 aliphatic rings. The molecule has 0 spiro atoms. The van der Waals surface area contributed by atoms with Gasteiger partial charge in [-0.2, -0.15) is 5.26 Å². The Morgan fingerprint density at radius 2 is 2.13 bits per heavy atom. The van der Waals surface area contributed by atoms with Crippen molar-refractivity contribution in [2.45, 2.75) is 19.9 Å². The molecule has 2 N–H and O–H groups in total. The van der Waals surface area contributed by atoms with Crippen molar-refractivity contribution in [1.29, 1.82) is 5.26 Å². The number of carbonyl (C=O) groups is 2. The number of nitriles is 1. The van der Waals surface area contributed by atoms with E-state index in [-0.39, 0.29) is 16.8 Å². The number of carbonyl (C=O) groups excluding carboxylic acids is 1. The van der Waals surface area contributed by atoms with E-state index in [9.17, 15) is 14.7 Å². The molecule has 0 fully saturated rings. The minimum Gasteiger partial charge on any atom is -0.478 e. The number of aromatic carboxylic acids is 1. The summed E-state index contributed by atoms with van der Waals surface area (Å²) in [4.78, 5) is 29.8. The zero-order chi connectivity index (χ0) is 21.3. The first-order valence-corrected chi connectivity index (χ1v) is 9.43. The number of nitrogens with one attached hydrogen (secondary N) is 1. The lowest BCUT2D eigenvalue weighted by Crippen LogP contribution is -2.22. The maximum Gasteiger partial charge on any atom is 0.337 e. The first kappa shape index (κ1) is 19.2. The molecular weight excluding hydrogens is 384 g/mol. The van der Waals surface area contributed by atoms with Gasteiger partial charge in [0, 0.05) is 23.9 Å². The summed E-state index contributed by atoms with van der Waals surface area (Å²) in [5.74, 6) is -1.64. The van der Waals surface area contributed by atoms with E-state index in [1.165, 1.54) is 18.2 Å². The summed E-state index contributed by atoms with van der Waals surface area (Å²) >= 11 is 0. The number of aromatic nitrogens is 1. The molecule has 0 saturated heterocycles. The first-order chi connectivity index (χ1) is 14.5. The van der Waals surface area contributed by atoms with Crippen LogP contribution < -0.4 is 5.32 Å². The highest BCUT2D eigenvalue weighted by Crippen LogP contribution is 2.30. The number of hydrogen-bond acceptors (Lipinski definition) is 5. The van der Waals surface area contributed by atoms with Gasteiger partial charge in [-0.25, -0.2) is 4.79 Å². The van der Waals surface area contributed by atoms with E-state index >= 15 is 0 Å². The summed E-state index contributed by atoms with van der Waals surface area (Å²) in [5, 5.41) is 26.2. The van der Waals surface area contributed by atoms with Crippen molar-refractivity contribution in [3.05, 3.63) is 64.8 Å². The van der Waals surface area contributed by atoms with Gasteiger partial charge >= 0.3 is 5.97 Å². The van der Waals surface area contributed by atoms with Crippen molar-refractivity contribution < 1.29 is 19.5 Å². The number of carboxylic acids is 1. The second-order valence-corrected chi connectivity index (χ2v) is 6.76. The highest BCUT2D eigenvalue weighted by Gasteiger charge is 2.25. The average Bonchev–Trinajstić information content (AvgIpc) is 3.14. The van der Waals surface area contributed by atoms with Gasteiger partial charge in [0.15, 0.2) is 0 Å². The van der Waals surface area contributed by atoms with Crippen LogP contribution in [-0.2, 0) is 11.4 Å². The molecule has 150 valence electrons. The SMILES string of the molecule is CCON=C1CCn2c(C(=O)Nc3ccc(C#N)cc3C(=O)O)cc3cccc1c32. The number of amides is 1. The largest absolute Gasteiger partial charge is 0.478 e. The minimum atomic E-state index is -1.22. The molecule has 8 heteroatoms. The normalized spacial score (nSPS) is 13.8. The van der Waals surface area contributed by atoms with Crippen LogP contribution in [0.5, 0.6) is 0 Å². The van der Waals surface area contributed by atoms with E-state index < -0.39 is 11.9 Å². The van der Waals surface area contributed by atoms with Crippen molar-refractivity contribution in [2.75, 3.05) is 11.9 Å². The molecule has 2 heterocycles. The molecule has 0 atom stereocenters. The lowest BCUT2D eigenvalue weighted by atomic mass is 10.0. The standard InChI is InChI=1S/C22H18N4O4/c1-2-30-25-18-8-9-26-19(11-14-4-3-5-15(18)20(14)26)21(27)24-17-7-6-13(12-23)10-16(17)22(28)29/h3-7,10-11H,2,8-9H2,1H3,(H,24,27)(H,28,29). The molecule has 1 aromatic heterocycles. The number of hydrogen-bond donors (Lipinski definition) is 2. The number of nitrogens with zero attached hydrogens (tertiary/aromatic N) is 3. The van der Waals surface area contributed by atoms with Crippen LogP contribution in [-0.4, -0.2) is 33.9 Å². The minimum absolute atomic E-state index is 0.135. The van der Waals surface area contributed by atoms with Crippen molar-refractivity contribution >= 4 is 34.2 Å². The van der Waals surface area contributed by atoms with E-state index in [4.69, 9.17) is 10.1 Å². The second-order valence-electron chi connectivity index (χ2n) is 6.76. The van der Waals surface area contributed by atoms with Gasteiger partial charge in [-0.05, 0) is 31.2 Å². The summed E-state index contributed by atoms with van der Waals surface area (Å²) in [6.07, 6.45) is 0.609. The molecule has 30 heavy (non-hydrogen) atoms. The third-order valence-electron chi connectivity index (χ3n) is 4.97. The van der Waals surface area contributed by atoms with Crippen LogP contribution in [0.3, 0.4) is 0 Å². The van der Waals surface area contributed by atoms with Gasteiger partial charge in [-0.3, -0.25) is 4.79 Å². The predicted molar refractivity (Wildman–Crippen MR) is 111 cm³/mol. The van der Waals surface area contributed by atoms with Gasteiger partial charge < -0.3 is 19.8 Å². The lowest BCUT2D eigenvalue weighted by molar-refractivity contribution is 0.0698. The maximum atomic E-state index is 13.0. The zero-order valence-electron chi connectivity index (χ0n) is 16.2. The molecule has 0 unspecified atom stereocenters. The van der Waals surface area contributed by atoms with Crippen LogP contribution in [0.25, 0.3) is 10.9 Å². The average molecular weight is 402 g/mol. The zero-order valence-corrected chi connectivity index (χ0v) is 16.2. The molecule has 0 saturated carbocycles. The van der Waals surface area contributed by atoms with E-state index in [0.717, 1.165) is 22.2 Å². The van der Waals surface area contributed by atoms with Gasteiger partial charge in [-0.15, -0.1) is 0 Å². The smallest absolute Gasteiger partial charge is 0.337 e. The number of aryl methyl sites for hydroxylation is 1. The fourth-order valence-corrected chi connectivity index (χ4v) is 3.65. The molecule has 0 radical (unpaired) electrons. The van der Waals surface area contributed by atoms with Crippen LogP contribution in [0.15, 0.2) is 47.6 Å². The van der Waals surface area contributed by atoms with Crippen molar-refractivity contribution in [2.24, 2.45) is 5.16 Å². The molecule has 2 aromatic carbocycles. The molecule has 1 aliphatic heterocycles. The highest BCUT2D eigenvalue weighted by molar-refractivity contribution is 6.15. The monoisotopic (exact) mass is 402 g/mol. The number of benzene rings is 2. The fourth-order valence-electron chi connectivity index (χ4n) is 3.65. The first-order valence-electron chi connectivity index (χ1n) is 9.43. The summed E-state index contributed by atoms with van der Waals surface area (Å²) in [6.45, 7) is 2.89. The third kappa shape index (κ3) is 3.26. The Bertz CT molecular complexity index is 1250. The van der Waals surface area contributed by atoms with E-state index in [0.29, 0.717) is 25.3 Å². The van der Waals surface area contributed by atoms with Crippen LogP contribution in [0.4, 0.5) is 5.69 Å². The summed E-state index contributed by atoms with van der Waals surface area (Å²) in [5.41, 5.74) is 3.28. The van der Waals surface area contributed by atoms with E-state index in [1.54, 1.807) is 6.07 Å². The van der Waals surface area contributed by atoms with Gasteiger partial charge in [-0.1, -0.05) is 23.4 Å². The van der Waals surface area contributed by atoms with Gasteiger partial charge in [0.1, 0.15) is 12.3 Å². The van der Waals surface area contributed by atoms with Crippen LogP contribution in [0.2, 0.25) is 0 Å². The lowest BCUT2D eigenvalue weighted by Gasteiger charge is -2.19. The Hall–Kier alpha value is -4.12. The topological polar surface area (TPSA) is 117 Å². The summed E-state index contributed by atoms with van der Waals surface area (Å²) in [6, 6.07) is 13.6. The Kier molecular flexibility index (Phi) is 4.94. The summed E-state index contributed by atoms with van der Waals surface area (Å²) in [7, 11) is 0. The Labute approximate surface area is 172 Å². The second kappa shape index (κ2) is 7.72. The third-order valence-corrected chi connectivity index (χ3v) is 4.97. The number of carboxylic acid groups (broad SMARTS) is 1. The van der Waals surface area contributed by atoms with Crippen LogP contribution in [0, 0.1) is 11.3 Å². The van der Waals surface area contributed by atoms with Gasteiger partial charge in [0.05, 0.1) is 34.1 Å². The molecule has 8 nitrogen and oxygen atoms in total. The van der Waals surface area contributed by atoms with Crippen molar-refractivity contribution in [3.63, 3.8) is 0 Å². The number of anilines is 1. The van der Waals surface area contributed by atoms with E-state index in [2.05, 4.69) is 10.5 Å². The number of para-hydroxylation sites is 1. The Morgan fingerprint density at radius 1 is 1.30 bits per heavy atom. The highest BCUT2D eigenvalue weighted by atomic mass is 16.6. The van der Waals surface area contributed by atoms with Crippen molar-refractivity contribution in [3.8, 4) is 6.07 Å². The van der Waals surface area contributed by atoms with Crippen LogP contribution >= 0.6 is 0 Å². The molecule has 3 aromatic rings. The van der Waals surface area contributed by atoms with Gasteiger partial charge in [0.25, 0.3) is 5.91 Å². The quantitative estimate of drug-likeness (QED) is 0.632. The van der Waals surface area contributed by atoms with Gasteiger partial charge in [0.2, 0.25) is 0 Å². The predicted octanol–water partition coefficient (Wildman–Crippen LogP) is 3.61.